The van der Waals surface area contributed by atoms with Gasteiger partial charge in [-0.3, -0.25) is 4.79 Å². The monoisotopic (exact) mass is 278 g/mol. The Morgan fingerprint density at radius 3 is 3.00 bits per heavy atom. The van der Waals surface area contributed by atoms with Crippen molar-refractivity contribution in [2.75, 3.05) is 6.54 Å². The van der Waals surface area contributed by atoms with Gasteiger partial charge in [-0.1, -0.05) is 13.8 Å². The van der Waals surface area contributed by atoms with E-state index in [0.29, 0.717) is 18.4 Å². The number of amides is 1. The molecule has 1 saturated carbocycles. The Morgan fingerprint density at radius 1 is 1.50 bits per heavy atom. The summed E-state index contributed by atoms with van der Waals surface area (Å²) in [5.74, 6) is 0.838. The summed E-state index contributed by atoms with van der Waals surface area (Å²) in [5, 5.41) is 6.44. The molecule has 20 heavy (non-hydrogen) atoms. The van der Waals surface area contributed by atoms with Gasteiger partial charge in [0.2, 0.25) is 5.91 Å². The molecule has 1 aliphatic carbocycles. The number of hydrogen-bond donors (Lipinski definition) is 2. The highest BCUT2D eigenvalue weighted by atomic mass is 16.1. The number of hydrogen-bond acceptors (Lipinski definition) is 3. The molecule has 0 bridgehead atoms. The Balaban J connectivity index is 1.66. The van der Waals surface area contributed by atoms with Gasteiger partial charge in [-0.2, -0.15) is 0 Å². The van der Waals surface area contributed by atoms with E-state index in [0.717, 1.165) is 38.9 Å². The van der Waals surface area contributed by atoms with Crippen LogP contribution in [0.5, 0.6) is 0 Å². The fourth-order valence-electron chi connectivity index (χ4n) is 2.12. The van der Waals surface area contributed by atoms with Crippen LogP contribution in [0.3, 0.4) is 0 Å². The van der Waals surface area contributed by atoms with E-state index in [-0.39, 0.29) is 5.91 Å². The summed E-state index contributed by atoms with van der Waals surface area (Å²) >= 11 is 0. The zero-order valence-electron chi connectivity index (χ0n) is 12.6. The lowest BCUT2D eigenvalue weighted by Crippen LogP contribution is -2.25. The van der Waals surface area contributed by atoms with Crippen molar-refractivity contribution in [3.63, 3.8) is 0 Å². The fraction of sp³-hybridized carbons (Fsp3) is 0.733. The molecule has 0 saturated heterocycles. The number of rotatable bonds is 9. The Morgan fingerprint density at radius 2 is 2.30 bits per heavy atom. The maximum Gasteiger partial charge on any atom is 0.220 e. The first-order chi connectivity index (χ1) is 9.65. The van der Waals surface area contributed by atoms with Gasteiger partial charge in [0.25, 0.3) is 0 Å². The molecule has 2 rings (SSSR count). The molecule has 2 N–H and O–H groups in total. The van der Waals surface area contributed by atoms with Crippen LogP contribution in [-0.4, -0.2) is 28.0 Å². The summed E-state index contributed by atoms with van der Waals surface area (Å²) in [6.07, 6.45) is 7.53. The van der Waals surface area contributed by atoms with Gasteiger partial charge in [0.15, 0.2) is 0 Å². The molecule has 1 aromatic heterocycles. The number of nitrogens with one attached hydrogen (secondary N) is 2. The summed E-state index contributed by atoms with van der Waals surface area (Å²) < 4.78 is 2.14. The first kappa shape index (κ1) is 15.0. The summed E-state index contributed by atoms with van der Waals surface area (Å²) in [7, 11) is 0. The Labute approximate surface area is 121 Å². The summed E-state index contributed by atoms with van der Waals surface area (Å²) in [5.41, 5.74) is 1.19. The van der Waals surface area contributed by atoms with E-state index in [2.05, 4.69) is 34.0 Å². The van der Waals surface area contributed by atoms with Crippen molar-refractivity contribution < 1.29 is 4.79 Å². The number of carbonyl (C=O) groups excluding carboxylic acids is 1. The summed E-state index contributed by atoms with van der Waals surface area (Å²) in [6, 6.07) is 0.464. The van der Waals surface area contributed by atoms with E-state index >= 15 is 0 Å². The molecule has 5 heteroatoms. The van der Waals surface area contributed by atoms with Gasteiger partial charge < -0.3 is 15.2 Å². The Hall–Kier alpha value is -1.36. The molecule has 1 aromatic rings. The lowest BCUT2D eigenvalue weighted by atomic mass is 10.2. The van der Waals surface area contributed by atoms with Crippen molar-refractivity contribution in [3.05, 3.63) is 18.2 Å². The topological polar surface area (TPSA) is 59.0 Å². The first-order valence-corrected chi connectivity index (χ1v) is 7.64. The third-order valence-electron chi connectivity index (χ3n) is 3.40. The van der Waals surface area contributed by atoms with Crippen LogP contribution in [0, 0.1) is 5.92 Å². The van der Waals surface area contributed by atoms with Crippen molar-refractivity contribution in [3.8, 4) is 0 Å². The smallest absolute Gasteiger partial charge is 0.220 e. The number of aryl methyl sites for hydroxylation is 1. The van der Waals surface area contributed by atoms with E-state index in [1.807, 2.05) is 12.5 Å². The van der Waals surface area contributed by atoms with Crippen LogP contribution in [0.4, 0.5) is 0 Å². The average Bonchev–Trinajstić information content (AvgIpc) is 3.08. The molecule has 1 heterocycles. The zero-order chi connectivity index (χ0) is 14.4. The van der Waals surface area contributed by atoms with Crippen LogP contribution < -0.4 is 10.6 Å². The minimum atomic E-state index is 0.187. The predicted octanol–water partition coefficient (Wildman–Crippen LogP) is 1.69. The van der Waals surface area contributed by atoms with Crippen LogP contribution in [0.15, 0.2) is 12.5 Å². The number of imidazole rings is 1. The highest BCUT2D eigenvalue weighted by molar-refractivity contribution is 5.76. The molecular formula is C15H26N4O. The van der Waals surface area contributed by atoms with Gasteiger partial charge in [-0.25, -0.2) is 4.98 Å². The average molecular weight is 278 g/mol. The van der Waals surface area contributed by atoms with Gasteiger partial charge in [0.1, 0.15) is 0 Å². The predicted molar refractivity (Wildman–Crippen MR) is 79.2 cm³/mol. The Kier molecular flexibility index (Phi) is 5.59. The molecule has 0 atom stereocenters. The third-order valence-corrected chi connectivity index (χ3v) is 3.40. The molecule has 1 fully saturated rings. The molecule has 0 aliphatic heterocycles. The van der Waals surface area contributed by atoms with Crippen LogP contribution in [-0.2, 0) is 17.9 Å². The fourth-order valence-corrected chi connectivity index (χ4v) is 2.12. The molecule has 0 spiro atoms. The van der Waals surface area contributed by atoms with Crippen molar-refractivity contribution in [2.24, 2.45) is 5.92 Å². The van der Waals surface area contributed by atoms with Crippen LogP contribution >= 0.6 is 0 Å². The minimum absolute atomic E-state index is 0.187. The third kappa shape index (κ3) is 5.33. The second-order valence-corrected chi connectivity index (χ2v) is 6.05. The summed E-state index contributed by atoms with van der Waals surface area (Å²) in [4.78, 5) is 15.8. The van der Waals surface area contributed by atoms with Crippen LogP contribution in [0.2, 0.25) is 0 Å². The zero-order valence-corrected chi connectivity index (χ0v) is 12.6. The summed E-state index contributed by atoms with van der Waals surface area (Å²) in [6.45, 7) is 7.10. The normalized spacial score (nSPS) is 14.8. The van der Waals surface area contributed by atoms with E-state index in [1.54, 1.807) is 0 Å². The molecule has 0 unspecified atom stereocenters. The number of carbonyl (C=O) groups is 1. The van der Waals surface area contributed by atoms with Gasteiger partial charge in [0.05, 0.1) is 12.0 Å². The lowest BCUT2D eigenvalue weighted by Gasteiger charge is -2.10. The second-order valence-electron chi connectivity index (χ2n) is 6.05. The molecule has 0 radical (unpaired) electrons. The highest BCUT2D eigenvalue weighted by Gasteiger charge is 2.22. The van der Waals surface area contributed by atoms with Crippen molar-refractivity contribution in [2.45, 2.75) is 58.7 Å². The standard InChI is InChI=1S/C15H26N4O/c1-12(2)8-16-9-14-10-17-11-19(14)7-3-4-15(20)18-13-5-6-13/h10-13,16H,3-9H2,1-2H3,(H,18,20). The molecule has 1 amide bonds. The van der Waals surface area contributed by atoms with Gasteiger partial charge in [0, 0.05) is 31.7 Å². The molecular weight excluding hydrogens is 252 g/mol. The Bertz CT molecular complexity index is 423. The maximum atomic E-state index is 11.6. The molecule has 0 aromatic carbocycles. The molecule has 1 aliphatic rings. The second kappa shape index (κ2) is 7.43. The van der Waals surface area contributed by atoms with Gasteiger partial charge >= 0.3 is 0 Å². The van der Waals surface area contributed by atoms with Crippen LogP contribution in [0.25, 0.3) is 0 Å². The highest BCUT2D eigenvalue weighted by Crippen LogP contribution is 2.18. The van der Waals surface area contributed by atoms with Gasteiger partial charge in [-0.15, -0.1) is 0 Å². The molecule has 112 valence electrons. The van der Waals surface area contributed by atoms with Crippen molar-refractivity contribution in [1.29, 1.82) is 0 Å². The lowest BCUT2D eigenvalue weighted by molar-refractivity contribution is -0.121. The van der Waals surface area contributed by atoms with E-state index in [4.69, 9.17) is 0 Å². The largest absolute Gasteiger partial charge is 0.353 e. The van der Waals surface area contributed by atoms with Crippen LogP contribution in [0.1, 0.15) is 45.2 Å². The number of aromatic nitrogens is 2. The maximum absolute atomic E-state index is 11.6. The first-order valence-electron chi connectivity index (χ1n) is 7.64. The number of nitrogens with zero attached hydrogens (tertiary/aromatic N) is 2. The van der Waals surface area contributed by atoms with Crippen molar-refractivity contribution >= 4 is 5.91 Å². The van der Waals surface area contributed by atoms with Gasteiger partial charge in [-0.05, 0) is 31.7 Å². The van der Waals surface area contributed by atoms with E-state index < -0.39 is 0 Å². The quantitative estimate of drug-likeness (QED) is 0.722. The van der Waals surface area contributed by atoms with E-state index in [1.165, 1.54) is 5.69 Å². The minimum Gasteiger partial charge on any atom is -0.353 e. The van der Waals surface area contributed by atoms with Crippen molar-refractivity contribution in [1.82, 2.24) is 20.2 Å². The van der Waals surface area contributed by atoms with E-state index in [9.17, 15) is 4.79 Å². The SMILES string of the molecule is CC(C)CNCc1cncn1CCCC(=O)NC1CC1. The molecule has 5 nitrogen and oxygen atoms in total.